The second-order valence-corrected chi connectivity index (χ2v) is 19.6. The van der Waals surface area contributed by atoms with Crippen molar-refractivity contribution in [3.8, 4) is 5.75 Å². The maximum atomic E-state index is 14.3. The lowest BCUT2D eigenvalue weighted by atomic mass is 9.64. The number of phenolic OH excluding ortho intramolecular Hbond substituents is 1. The number of amides is 2. The zero-order valence-electron chi connectivity index (χ0n) is 29.1. The van der Waals surface area contributed by atoms with Crippen molar-refractivity contribution in [2.45, 2.75) is 50.5 Å². The Bertz CT molecular complexity index is 2040. The summed E-state index contributed by atoms with van der Waals surface area (Å²) in [5.74, 6) is -4.78. The number of aromatic hydroxyl groups is 1. The number of fused-ring (bicyclic) bond motifs is 4. The van der Waals surface area contributed by atoms with Crippen LogP contribution in [0.2, 0.25) is 5.04 Å². The predicted octanol–water partition coefficient (Wildman–Crippen LogP) is 6.71. The third-order valence-corrected chi connectivity index (χ3v) is 16.6. The van der Waals surface area contributed by atoms with Crippen molar-refractivity contribution in [1.29, 1.82) is 0 Å². The lowest BCUT2D eigenvalue weighted by Crippen LogP contribution is -2.67. The lowest BCUT2D eigenvalue weighted by Gasteiger charge is -2.48. The summed E-state index contributed by atoms with van der Waals surface area (Å²) in [4.78, 5) is 29.9. The molecule has 0 bridgehead atoms. The highest BCUT2D eigenvalue weighted by Gasteiger charge is 2.67. The van der Waals surface area contributed by atoms with Crippen molar-refractivity contribution in [3.05, 3.63) is 133 Å². The molecule has 2 N–H and O–H groups in total. The van der Waals surface area contributed by atoms with E-state index in [1.165, 1.54) is 4.90 Å². The van der Waals surface area contributed by atoms with Gasteiger partial charge < -0.3 is 19.4 Å². The molecule has 3 aliphatic rings. The summed E-state index contributed by atoms with van der Waals surface area (Å²) >= 11 is 0. The molecule has 5 aromatic carbocycles. The van der Waals surface area contributed by atoms with Gasteiger partial charge in [-0.05, 0) is 57.4 Å². The Morgan fingerprint density at radius 1 is 0.765 bits per heavy atom. The van der Waals surface area contributed by atoms with Gasteiger partial charge in [-0.25, -0.2) is 0 Å². The van der Waals surface area contributed by atoms with Gasteiger partial charge in [-0.1, -0.05) is 130 Å². The van der Waals surface area contributed by atoms with Crippen molar-refractivity contribution in [2.24, 2.45) is 23.7 Å². The van der Waals surface area contributed by atoms with Gasteiger partial charge in [-0.15, -0.1) is 0 Å². The zero-order valence-corrected chi connectivity index (χ0v) is 30.1. The van der Waals surface area contributed by atoms with Gasteiger partial charge in [0.05, 0.1) is 23.6 Å². The summed E-state index contributed by atoms with van der Waals surface area (Å²) in [7, 11) is -3.02. The molecule has 0 unspecified atom stereocenters. The van der Waals surface area contributed by atoms with Gasteiger partial charge in [0.1, 0.15) is 5.75 Å². The smallest absolute Gasteiger partial charge is 0.261 e. The molecule has 0 spiro atoms. The quantitative estimate of drug-likeness (QED) is 0.145. The van der Waals surface area contributed by atoms with Crippen molar-refractivity contribution < 1.29 is 29.0 Å². The predicted molar refractivity (Wildman–Crippen MR) is 200 cm³/mol. The second kappa shape index (κ2) is 12.6. The SMILES string of the molecule is CC(C)(C)[Si](OC[C@H]1C[C@@H]2C(=O)N(c3ccccc3)C(=O)[C@@H]2[C@@H]2C[C@@H](c3ccc(O)c4ccccc34)O[C@]12O)(c1ccccc1)c1ccccc1. The van der Waals surface area contributed by atoms with Crippen molar-refractivity contribution in [3.63, 3.8) is 0 Å². The first-order chi connectivity index (χ1) is 24.5. The number of imide groups is 1. The minimum absolute atomic E-state index is 0.138. The van der Waals surface area contributed by atoms with Gasteiger partial charge in [0, 0.05) is 23.8 Å². The summed E-state index contributed by atoms with van der Waals surface area (Å²) in [6, 6.07) is 40.8. The summed E-state index contributed by atoms with van der Waals surface area (Å²) in [6.07, 6.45) is 0.00432. The van der Waals surface area contributed by atoms with Crippen LogP contribution in [0.1, 0.15) is 45.3 Å². The molecule has 0 radical (unpaired) electrons. The maximum absolute atomic E-state index is 14.3. The average Bonchev–Trinajstić information content (AvgIpc) is 3.62. The van der Waals surface area contributed by atoms with E-state index >= 15 is 0 Å². The average molecular weight is 698 g/mol. The van der Waals surface area contributed by atoms with Gasteiger partial charge in [-0.3, -0.25) is 14.5 Å². The highest BCUT2D eigenvalue weighted by atomic mass is 28.4. The number of para-hydroxylation sites is 1. The molecule has 1 saturated carbocycles. The number of rotatable bonds is 7. The normalized spacial score (nSPS) is 26.4. The first kappa shape index (κ1) is 33.5. The highest BCUT2D eigenvalue weighted by Crippen LogP contribution is 2.59. The highest BCUT2D eigenvalue weighted by molar-refractivity contribution is 6.99. The number of ether oxygens (including phenoxy) is 1. The van der Waals surface area contributed by atoms with Gasteiger partial charge in [0.15, 0.2) is 5.79 Å². The van der Waals surface area contributed by atoms with Crippen LogP contribution in [0.4, 0.5) is 5.69 Å². The molecule has 2 amide bonds. The number of hydrogen-bond acceptors (Lipinski definition) is 6. The second-order valence-electron chi connectivity index (χ2n) is 15.3. The fraction of sp³-hybridized carbons (Fsp3) is 0.302. The minimum atomic E-state index is -3.02. The van der Waals surface area contributed by atoms with E-state index in [0.717, 1.165) is 21.3 Å². The Morgan fingerprint density at radius 2 is 1.33 bits per heavy atom. The van der Waals surface area contributed by atoms with Crippen LogP contribution < -0.4 is 15.3 Å². The molecule has 5 aromatic rings. The number of nitrogens with zero attached hydrogens (tertiary/aromatic N) is 1. The molecule has 3 fully saturated rings. The van der Waals surface area contributed by atoms with Crippen LogP contribution in [0.15, 0.2) is 127 Å². The number of hydrogen-bond donors (Lipinski definition) is 2. The maximum Gasteiger partial charge on any atom is 0.261 e. The van der Waals surface area contributed by atoms with Gasteiger partial charge in [0.2, 0.25) is 11.8 Å². The number of anilines is 1. The molecule has 6 atom stereocenters. The van der Waals surface area contributed by atoms with Gasteiger partial charge >= 0.3 is 0 Å². The Kier molecular flexibility index (Phi) is 8.26. The van der Waals surface area contributed by atoms with Crippen LogP contribution in [-0.4, -0.2) is 42.7 Å². The molecule has 260 valence electrons. The Morgan fingerprint density at radius 3 is 1.94 bits per heavy atom. The van der Waals surface area contributed by atoms with Crippen molar-refractivity contribution >= 4 is 47.0 Å². The number of benzene rings is 5. The Labute approximate surface area is 299 Å². The summed E-state index contributed by atoms with van der Waals surface area (Å²) in [6.45, 7) is 6.77. The molecule has 2 heterocycles. The number of carbonyl (C=O) groups excluding carboxylic acids is 2. The first-order valence-electron chi connectivity index (χ1n) is 17.8. The van der Waals surface area contributed by atoms with Crippen LogP contribution >= 0.6 is 0 Å². The fourth-order valence-electron chi connectivity index (χ4n) is 9.27. The molecule has 8 heteroatoms. The summed E-state index contributed by atoms with van der Waals surface area (Å²) < 4.78 is 14.2. The van der Waals surface area contributed by atoms with E-state index < -0.39 is 43.9 Å². The number of aliphatic hydroxyl groups is 1. The van der Waals surface area contributed by atoms with E-state index in [-0.39, 0.29) is 35.6 Å². The van der Waals surface area contributed by atoms with Crippen LogP contribution in [-0.2, 0) is 18.8 Å². The summed E-state index contributed by atoms with van der Waals surface area (Å²) in [5, 5.41) is 27.1. The van der Waals surface area contributed by atoms with Crippen LogP contribution in [0.25, 0.3) is 10.8 Å². The molecule has 51 heavy (non-hydrogen) atoms. The fourth-order valence-corrected chi connectivity index (χ4v) is 13.9. The molecular formula is C43H43NO6Si. The molecule has 0 aromatic heterocycles. The summed E-state index contributed by atoms with van der Waals surface area (Å²) in [5.41, 5.74) is 1.36. The Balaban J connectivity index is 1.23. The van der Waals surface area contributed by atoms with Crippen molar-refractivity contribution in [1.82, 2.24) is 0 Å². The largest absolute Gasteiger partial charge is 0.507 e. The molecule has 2 aliphatic heterocycles. The van der Waals surface area contributed by atoms with E-state index in [9.17, 15) is 19.8 Å². The minimum Gasteiger partial charge on any atom is -0.507 e. The standard InChI is InChI=1S/C43H43NO6Si/c1-42(2,3)51(30-17-9-5-10-18-30,31-19-11-6-12-20-31)49-27-28-25-35-39(41(47)44(40(35)46)29-15-7-4-8-16-29)36-26-38(50-43(28,36)48)34-23-24-37(45)33-22-14-13-21-32(33)34/h4-24,28,35-36,38-39,45,48H,25-27H2,1-3H3/t28-,35+,36+,38+,39+,43-/m1/s1. The third kappa shape index (κ3) is 5.27. The molecular weight excluding hydrogens is 655 g/mol. The molecule has 8 rings (SSSR count). The number of phenols is 1. The van der Waals surface area contributed by atoms with Crippen molar-refractivity contribution in [2.75, 3.05) is 11.5 Å². The van der Waals surface area contributed by atoms with Crippen LogP contribution in [0, 0.1) is 23.7 Å². The van der Waals surface area contributed by atoms with Crippen LogP contribution in [0.3, 0.4) is 0 Å². The molecule has 2 saturated heterocycles. The van der Waals surface area contributed by atoms with E-state index in [4.69, 9.17) is 9.16 Å². The molecule has 7 nitrogen and oxygen atoms in total. The first-order valence-corrected chi connectivity index (χ1v) is 19.7. The van der Waals surface area contributed by atoms with E-state index in [1.807, 2.05) is 84.9 Å². The van der Waals surface area contributed by atoms with Gasteiger partial charge in [0.25, 0.3) is 8.32 Å². The van der Waals surface area contributed by atoms with Gasteiger partial charge in [-0.2, -0.15) is 0 Å². The number of carbonyl (C=O) groups is 2. The zero-order chi connectivity index (χ0) is 35.5. The lowest BCUT2D eigenvalue weighted by molar-refractivity contribution is -0.273. The van der Waals surface area contributed by atoms with Crippen LogP contribution in [0.5, 0.6) is 5.75 Å². The third-order valence-electron chi connectivity index (χ3n) is 11.6. The van der Waals surface area contributed by atoms with E-state index in [2.05, 4.69) is 45.0 Å². The van der Waals surface area contributed by atoms with E-state index in [1.54, 1.807) is 18.2 Å². The monoisotopic (exact) mass is 697 g/mol. The molecule has 1 aliphatic carbocycles. The Hall–Kier alpha value is -4.60. The van der Waals surface area contributed by atoms with E-state index in [0.29, 0.717) is 17.5 Å². The topological polar surface area (TPSA) is 96.3 Å².